The Morgan fingerprint density at radius 3 is 2.62 bits per heavy atom. The van der Waals surface area contributed by atoms with Crippen molar-refractivity contribution in [1.82, 2.24) is 9.84 Å². The first-order chi connectivity index (χ1) is 6.29. The molecule has 0 amide bonds. The molecule has 0 bridgehead atoms. The lowest BCUT2D eigenvalue weighted by Crippen LogP contribution is -2.27. The van der Waals surface area contributed by atoms with Crippen LogP contribution in [-0.2, 0) is 12.6 Å². The van der Waals surface area contributed by atoms with Crippen LogP contribution in [-0.4, -0.2) is 16.6 Å². The van der Waals surface area contributed by atoms with Gasteiger partial charge in [0.15, 0.2) is 0 Å². The molecule has 1 aromatic rings. The van der Waals surface area contributed by atoms with E-state index in [1.807, 2.05) is 25.2 Å². The van der Waals surface area contributed by atoms with Crippen LogP contribution in [0.2, 0.25) is 0 Å². The summed E-state index contributed by atoms with van der Waals surface area (Å²) in [4.78, 5) is 3.16. The zero-order chi connectivity index (χ0) is 9.26. The third-order valence-electron chi connectivity index (χ3n) is 2.13. The van der Waals surface area contributed by atoms with Gasteiger partial charge in [-0.3, -0.25) is 0 Å². The summed E-state index contributed by atoms with van der Waals surface area (Å²) < 4.78 is 0.187. The highest BCUT2D eigenvalue weighted by molar-refractivity contribution is 8.05. The maximum absolute atomic E-state index is 5.34. The minimum absolute atomic E-state index is 0.187. The molecule has 13 heavy (non-hydrogen) atoms. The first kappa shape index (κ1) is 9.40. The molecular formula is C9H11N2S2-. The molecule has 1 aliphatic heterocycles. The van der Waals surface area contributed by atoms with Gasteiger partial charge in [0.2, 0.25) is 0 Å². The molecule has 1 heterocycles. The fourth-order valence-electron chi connectivity index (χ4n) is 1.47. The van der Waals surface area contributed by atoms with Crippen LogP contribution >= 0.6 is 11.9 Å². The molecule has 0 aliphatic carbocycles. The van der Waals surface area contributed by atoms with Crippen molar-refractivity contribution in [2.45, 2.75) is 10.6 Å². The van der Waals surface area contributed by atoms with Gasteiger partial charge in [-0.1, -0.05) is 46.9 Å². The van der Waals surface area contributed by atoms with E-state index in [9.17, 15) is 0 Å². The van der Waals surface area contributed by atoms with Crippen molar-refractivity contribution in [1.29, 1.82) is 0 Å². The molecule has 1 fully saturated rings. The Hall–Kier alpha value is -0.160. The van der Waals surface area contributed by atoms with Gasteiger partial charge < -0.3 is 12.6 Å². The Morgan fingerprint density at radius 2 is 2.08 bits per heavy atom. The molecule has 2 atom stereocenters. The van der Waals surface area contributed by atoms with Crippen molar-refractivity contribution in [3.05, 3.63) is 35.9 Å². The Balaban J connectivity index is 2.25. The van der Waals surface area contributed by atoms with E-state index in [1.54, 1.807) is 11.9 Å². The van der Waals surface area contributed by atoms with Crippen LogP contribution in [0.4, 0.5) is 0 Å². The summed E-state index contributed by atoms with van der Waals surface area (Å²) in [5.41, 5.74) is 1.28. The first-order valence-corrected chi connectivity index (χ1v) is 5.49. The molecular weight excluding hydrogens is 200 g/mol. The van der Waals surface area contributed by atoms with Gasteiger partial charge in [0.25, 0.3) is 0 Å². The first-order valence-electron chi connectivity index (χ1n) is 4.14. The predicted octanol–water partition coefficient (Wildman–Crippen LogP) is 1.70. The van der Waals surface area contributed by atoms with E-state index in [-0.39, 0.29) is 4.58 Å². The second kappa shape index (κ2) is 3.92. The average molecular weight is 211 g/mol. The molecule has 0 aromatic heterocycles. The van der Waals surface area contributed by atoms with Crippen LogP contribution < -0.4 is 4.83 Å². The number of benzene rings is 1. The second-order valence-corrected chi connectivity index (χ2v) is 4.78. The van der Waals surface area contributed by atoms with Crippen molar-refractivity contribution in [3.63, 3.8) is 0 Å². The summed E-state index contributed by atoms with van der Waals surface area (Å²) in [5, 5.41) is 2.07. The third-order valence-corrected chi connectivity index (χ3v) is 3.56. The van der Waals surface area contributed by atoms with E-state index in [2.05, 4.69) is 22.0 Å². The van der Waals surface area contributed by atoms with Crippen LogP contribution in [0, 0.1) is 0 Å². The molecule has 2 unspecified atom stereocenters. The lowest BCUT2D eigenvalue weighted by Gasteiger charge is -2.26. The molecule has 0 spiro atoms. The van der Waals surface area contributed by atoms with Crippen molar-refractivity contribution in [2.24, 2.45) is 0 Å². The summed E-state index contributed by atoms with van der Waals surface area (Å²) >= 11 is 6.94. The van der Waals surface area contributed by atoms with Crippen LogP contribution in [0.5, 0.6) is 0 Å². The van der Waals surface area contributed by atoms with E-state index >= 15 is 0 Å². The van der Waals surface area contributed by atoms with Crippen LogP contribution in [0.1, 0.15) is 11.6 Å². The average Bonchev–Trinajstić information content (AvgIpc) is 2.48. The van der Waals surface area contributed by atoms with E-state index < -0.39 is 0 Å². The standard InChI is InChI=1S/C9H12N2S2/c1-11-8(9(12)13-10-11)7-5-3-2-4-6-7/h2-6,8-10,12H,1H3/p-1. The zero-order valence-electron chi connectivity index (χ0n) is 7.31. The van der Waals surface area contributed by atoms with Crippen molar-refractivity contribution in [3.8, 4) is 0 Å². The highest BCUT2D eigenvalue weighted by Crippen LogP contribution is 2.33. The lowest BCUT2D eigenvalue weighted by atomic mass is 10.1. The number of nitrogens with one attached hydrogen (secondary N) is 1. The monoisotopic (exact) mass is 211 g/mol. The normalized spacial score (nSPS) is 29.4. The molecule has 1 aliphatic rings. The minimum Gasteiger partial charge on any atom is -0.775 e. The SMILES string of the molecule is CN1NSC([S-])C1c1ccccc1. The van der Waals surface area contributed by atoms with Gasteiger partial charge in [-0.2, -0.15) is 4.83 Å². The van der Waals surface area contributed by atoms with Crippen molar-refractivity contribution >= 4 is 24.6 Å². The zero-order valence-corrected chi connectivity index (χ0v) is 8.94. The van der Waals surface area contributed by atoms with Gasteiger partial charge in [-0.15, -0.1) is 0 Å². The number of rotatable bonds is 1. The smallest absolute Gasteiger partial charge is 0.0409 e. The summed E-state index contributed by atoms with van der Waals surface area (Å²) in [6, 6.07) is 10.7. The molecule has 2 nitrogen and oxygen atoms in total. The van der Waals surface area contributed by atoms with Gasteiger partial charge >= 0.3 is 0 Å². The maximum atomic E-state index is 5.34. The number of nitrogens with zero attached hydrogens (tertiary/aromatic N) is 1. The largest absolute Gasteiger partial charge is 0.775 e. The molecule has 0 radical (unpaired) electrons. The highest BCUT2D eigenvalue weighted by atomic mass is 32.2. The quantitative estimate of drug-likeness (QED) is 0.561. The summed E-state index contributed by atoms with van der Waals surface area (Å²) in [7, 11) is 2.02. The lowest BCUT2D eigenvalue weighted by molar-refractivity contribution is 0.258. The number of hydrazine groups is 1. The molecule has 4 heteroatoms. The molecule has 2 rings (SSSR count). The fourth-order valence-corrected chi connectivity index (χ4v) is 2.79. The Labute approximate surface area is 88.2 Å². The Kier molecular flexibility index (Phi) is 2.83. The van der Waals surface area contributed by atoms with E-state index in [1.165, 1.54) is 5.56 Å². The van der Waals surface area contributed by atoms with E-state index in [0.29, 0.717) is 6.04 Å². The number of hydrogen-bond acceptors (Lipinski definition) is 4. The number of hydrogen-bond donors (Lipinski definition) is 1. The molecule has 1 saturated heterocycles. The highest BCUT2D eigenvalue weighted by Gasteiger charge is 2.25. The van der Waals surface area contributed by atoms with Crippen LogP contribution in [0.25, 0.3) is 0 Å². The second-order valence-electron chi connectivity index (χ2n) is 3.04. The molecule has 1 aromatic carbocycles. The van der Waals surface area contributed by atoms with E-state index in [4.69, 9.17) is 12.6 Å². The van der Waals surface area contributed by atoms with E-state index in [0.717, 1.165) is 0 Å². The van der Waals surface area contributed by atoms with Crippen LogP contribution in [0.3, 0.4) is 0 Å². The fraction of sp³-hybridized carbons (Fsp3) is 0.333. The Morgan fingerprint density at radius 1 is 1.38 bits per heavy atom. The molecule has 70 valence electrons. The molecule has 1 N–H and O–H groups in total. The predicted molar refractivity (Wildman–Crippen MR) is 58.8 cm³/mol. The Bertz CT molecular complexity index is 268. The van der Waals surface area contributed by atoms with Gasteiger partial charge in [0, 0.05) is 13.1 Å². The van der Waals surface area contributed by atoms with Crippen molar-refractivity contribution < 1.29 is 0 Å². The van der Waals surface area contributed by atoms with Crippen molar-refractivity contribution in [2.75, 3.05) is 7.05 Å². The summed E-state index contributed by atoms with van der Waals surface area (Å²) in [6.45, 7) is 0. The minimum atomic E-state index is 0.187. The van der Waals surface area contributed by atoms with Gasteiger partial charge in [-0.05, 0) is 5.56 Å². The third kappa shape index (κ3) is 1.86. The van der Waals surface area contributed by atoms with Gasteiger partial charge in [0.1, 0.15) is 0 Å². The van der Waals surface area contributed by atoms with Crippen LogP contribution in [0.15, 0.2) is 30.3 Å². The van der Waals surface area contributed by atoms with Gasteiger partial charge in [0.05, 0.1) is 0 Å². The summed E-state index contributed by atoms with van der Waals surface area (Å²) in [6.07, 6.45) is 0. The summed E-state index contributed by atoms with van der Waals surface area (Å²) in [5.74, 6) is 0. The maximum Gasteiger partial charge on any atom is 0.0409 e. The van der Waals surface area contributed by atoms with Gasteiger partial charge in [-0.25, -0.2) is 5.01 Å². The topological polar surface area (TPSA) is 15.3 Å². The molecule has 0 saturated carbocycles.